The van der Waals surface area contributed by atoms with Crippen LogP contribution < -0.4 is 5.73 Å². The first-order chi connectivity index (χ1) is 9.81. The molecule has 0 atom stereocenters. The molecule has 2 aromatic rings. The van der Waals surface area contributed by atoms with E-state index in [0.29, 0.717) is 24.1 Å². The van der Waals surface area contributed by atoms with Gasteiger partial charge in [0.2, 0.25) is 17.5 Å². The molecule has 1 aliphatic carbocycles. The number of nitrogens with zero attached hydrogens (tertiary/aromatic N) is 4. The van der Waals surface area contributed by atoms with Crippen LogP contribution in [0.25, 0.3) is 11.6 Å². The normalized spacial score (nSPS) is 18.1. The van der Waals surface area contributed by atoms with E-state index in [-0.39, 0.29) is 5.41 Å². The lowest BCUT2D eigenvalue weighted by Crippen LogP contribution is -2.35. The first kappa shape index (κ1) is 13.2. The molecule has 2 N–H and O–H groups in total. The Labute approximate surface area is 117 Å². The summed E-state index contributed by atoms with van der Waals surface area (Å²) in [6.07, 6.45) is 10.1. The van der Waals surface area contributed by atoms with Crippen molar-refractivity contribution in [1.82, 2.24) is 20.1 Å². The van der Waals surface area contributed by atoms with E-state index >= 15 is 0 Å². The number of rotatable bonds is 4. The molecule has 0 unspecified atom stereocenters. The van der Waals surface area contributed by atoms with Crippen molar-refractivity contribution in [3.8, 4) is 11.6 Å². The number of hydrogen-bond donors (Lipinski definition) is 1. The Balaban J connectivity index is 1.77. The van der Waals surface area contributed by atoms with Gasteiger partial charge in [-0.05, 0) is 30.9 Å². The second-order valence-corrected chi connectivity index (χ2v) is 5.53. The molecule has 1 saturated carbocycles. The fraction of sp³-hybridized carbons (Fsp3) is 0.571. The van der Waals surface area contributed by atoms with Gasteiger partial charge >= 0.3 is 0 Å². The summed E-state index contributed by atoms with van der Waals surface area (Å²) in [4.78, 5) is 12.7. The summed E-state index contributed by atoms with van der Waals surface area (Å²) in [6, 6.07) is 1.76. The number of hydrogen-bond acceptors (Lipinski definition) is 6. The molecule has 0 aromatic carbocycles. The van der Waals surface area contributed by atoms with Crippen LogP contribution in [0.5, 0.6) is 0 Å². The minimum Gasteiger partial charge on any atom is -0.339 e. The van der Waals surface area contributed by atoms with E-state index in [4.69, 9.17) is 10.3 Å². The molecule has 6 nitrogen and oxygen atoms in total. The van der Waals surface area contributed by atoms with Crippen LogP contribution in [-0.4, -0.2) is 26.7 Å². The molecule has 6 heteroatoms. The predicted octanol–water partition coefficient (Wildman–Crippen LogP) is 1.98. The topological polar surface area (TPSA) is 90.7 Å². The van der Waals surface area contributed by atoms with Gasteiger partial charge in [0.15, 0.2) is 0 Å². The average Bonchev–Trinajstić information content (AvgIpc) is 2.97. The van der Waals surface area contributed by atoms with Crippen LogP contribution in [0.2, 0.25) is 0 Å². The van der Waals surface area contributed by atoms with Gasteiger partial charge < -0.3 is 10.3 Å². The van der Waals surface area contributed by atoms with E-state index in [1.54, 1.807) is 18.5 Å². The Bertz CT molecular complexity index is 548. The molecule has 2 heterocycles. The Hall–Kier alpha value is -1.82. The van der Waals surface area contributed by atoms with Gasteiger partial charge in [0.05, 0.1) is 0 Å². The van der Waals surface area contributed by atoms with Crippen molar-refractivity contribution in [3.05, 3.63) is 24.4 Å². The van der Waals surface area contributed by atoms with E-state index in [1.807, 2.05) is 0 Å². The first-order valence-corrected chi connectivity index (χ1v) is 7.11. The van der Waals surface area contributed by atoms with Crippen LogP contribution in [0.3, 0.4) is 0 Å². The molecule has 0 saturated heterocycles. The highest BCUT2D eigenvalue weighted by atomic mass is 16.5. The smallest absolute Gasteiger partial charge is 0.240 e. The molecule has 0 bridgehead atoms. The Morgan fingerprint density at radius 1 is 1.10 bits per heavy atom. The van der Waals surface area contributed by atoms with Crippen molar-refractivity contribution in [2.24, 2.45) is 11.1 Å². The Morgan fingerprint density at radius 2 is 1.85 bits per heavy atom. The maximum atomic E-state index is 5.99. The van der Waals surface area contributed by atoms with Crippen molar-refractivity contribution < 1.29 is 4.52 Å². The summed E-state index contributed by atoms with van der Waals surface area (Å²) in [5.41, 5.74) is 6.11. The van der Waals surface area contributed by atoms with E-state index < -0.39 is 0 Å². The summed E-state index contributed by atoms with van der Waals surface area (Å²) in [5, 5.41) is 3.97. The van der Waals surface area contributed by atoms with Crippen LogP contribution >= 0.6 is 0 Å². The molecule has 2 aromatic heterocycles. The predicted molar refractivity (Wildman–Crippen MR) is 73.6 cm³/mol. The standard InChI is InChI=1S/C14H19N5O/c15-10-14(5-2-1-3-6-14)9-11-18-13(19-20-11)12-16-7-4-8-17-12/h4,7-8H,1-3,5-6,9-10,15H2. The summed E-state index contributed by atoms with van der Waals surface area (Å²) < 4.78 is 5.35. The number of nitrogens with two attached hydrogens (primary N) is 1. The lowest BCUT2D eigenvalue weighted by atomic mass is 9.72. The van der Waals surface area contributed by atoms with Gasteiger partial charge in [0.1, 0.15) is 0 Å². The number of aromatic nitrogens is 4. The second kappa shape index (κ2) is 5.66. The van der Waals surface area contributed by atoms with Gasteiger partial charge in [-0.25, -0.2) is 9.97 Å². The molecule has 20 heavy (non-hydrogen) atoms. The van der Waals surface area contributed by atoms with Crippen molar-refractivity contribution in [3.63, 3.8) is 0 Å². The Kier molecular flexibility index (Phi) is 3.73. The largest absolute Gasteiger partial charge is 0.339 e. The maximum absolute atomic E-state index is 5.99. The molecule has 1 aliphatic rings. The van der Waals surface area contributed by atoms with Crippen LogP contribution in [0, 0.1) is 5.41 Å². The minimum absolute atomic E-state index is 0.125. The summed E-state index contributed by atoms with van der Waals surface area (Å²) in [7, 11) is 0. The zero-order valence-corrected chi connectivity index (χ0v) is 11.5. The van der Waals surface area contributed by atoms with Gasteiger partial charge in [-0.1, -0.05) is 24.4 Å². The van der Waals surface area contributed by atoms with Crippen molar-refractivity contribution in [1.29, 1.82) is 0 Å². The zero-order valence-electron chi connectivity index (χ0n) is 11.5. The van der Waals surface area contributed by atoms with Crippen LogP contribution in [-0.2, 0) is 6.42 Å². The quantitative estimate of drug-likeness (QED) is 0.915. The fourth-order valence-electron chi connectivity index (χ4n) is 2.91. The fourth-order valence-corrected chi connectivity index (χ4v) is 2.91. The highest BCUT2D eigenvalue weighted by molar-refractivity contribution is 5.40. The third kappa shape index (κ3) is 2.70. The summed E-state index contributed by atoms with van der Waals surface area (Å²) in [6.45, 7) is 0.673. The van der Waals surface area contributed by atoms with E-state index in [0.717, 1.165) is 19.3 Å². The highest BCUT2D eigenvalue weighted by Gasteiger charge is 2.33. The van der Waals surface area contributed by atoms with Gasteiger partial charge in [-0.3, -0.25) is 0 Å². The van der Waals surface area contributed by atoms with Crippen LogP contribution in [0.4, 0.5) is 0 Å². The molecule has 0 radical (unpaired) electrons. The van der Waals surface area contributed by atoms with Gasteiger partial charge in [-0.15, -0.1) is 0 Å². The monoisotopic (exact) mass is 273 g/mol. The van der Waals surface area contributed by atoms with Gasteiger partial charge in [0.25, 0.3) is 0 Å². The lowest BCUT2D eigenvalue weighted by molar-refractivity contribution is 0.177. The third-order valence-corrected chi connectivity index (χ3v) is 4.11. The molecule has 3 rings (SSSR count). The van der Waals surface area contributed by atoms with E-state index in [1.165, 1.54) is 19.3 Å². The summed E-state index contributed by atoms with van der Waals surface area (Å²) >= 11 is 0. The minimum atomic E-state index is 0.125. The first-order valence-electron chi connectivity index (χ1n) is 7.11. The average molecular weight is 273 g/mol. The van der Waals surface area contributed by atoms with Crippen molar-refractivity contribution >= 4 is 0 Å². The van der Waals surface area contributed by atoms with E-state index in [2.05, 4.69) is 20.1 Å². The van der Waals surface area contributed by atoms with Crippen molar-refractivity contribution in [2.75, 3.05) is 6.54 Å². The van der Waals surface area contributed by atoms with Crippen LogP contribution in [0.1, 0.15) is 38.0 Å². The molecule has 1 fully saturated rings. The lowest BCUT2D eigenvalue weighted by Gasteiger charge is -2.34. The van der Waals surface area contributed by atoms with Gasteiger partial charge in [-0.2, -0.15) is 4.98 Å². The molecule has 0 aliphatic heterocycles. The zero-order chi connectivity index (χ0) is 13.8. The van der Waals surface area contributed by atoms with Crippen LogP contribution in [0.15, 0.2) is 23.0 Å². The molecule has 0 amide bonds. The molecular weight excluding hydrogens is 254 g/mol. The SMILES string of the molecule is NCC1(Cc2nc(-c3ncccn3)no2)CCCCC1. The highest BCUT2D eigenvalue weighted by Crippen LogP contribution is 2.38. The third-order valence-electron chi connectivity index (χ3n) is 4.11. The molecular formula is C14H19N5O. The van der Waals surface area contributed by atoms with E-state index in [9.17, 15) is 0 Å². The maximum Gasteiger partial charge on any atom is 0.240 e. The molecule has 0 spiro atoms. The summed E-state index contributed by atoms with van der Waals surface area (Å²) in [5.74, 6) is 1.58. The van der Waals surface area contributed by atoms with Gasteiger partial charge in [0, 0.05) is 18.8 Å². The Morgan fingerprint density at radius 3 is 2.55 bits per heavy atom. The second-order valence-electron chi connectivity index (χ2n) is 5.53. The van der Waals surface area contributed by atoms with Crippen molar-refractivity contribution in [2.45, 2.75) is 38.5 Å². The molecule has 106 valence electrons.